The predicted molar refractivity (Wildman–Crippen MR) is 68.9 cm³/mol. The first kappa shape index (κ1) is 15.9. The minimum absolute atomic E-state index is 0.00297. The fourth-order valence-corrected chi connectivity index (χ4v) is 3.26. The standard InChI is InChI=1S/C11H20N2O5S/c1-2-13-19(17,18)7-6-12-10(14)8-4-3-5-9(8)11(15)16/h8-9,13H,2-7H2,1H3,(H,12,14)(H,15,16)/t8-,9+/m1/s1. The number of carbonyl (C=O) groups excluding carboxylic acids is 1. The SMILES string of the molecule is CCNS(=O)(=O)CCNC(=O)[C@@H]1CCC[C@@H]1C(=O)O. The van der Waals surface area contributed by atoms with E-state index in [4.69, 9.17) is 5.11 Å². The van der Waals surface area contributed by atoms with Crippen molar-refractivity contribution in [3.8, 4) is 0 Å². The fourth-order valence-electron chi connectivity index (χ4n) is 2.30. The summed E-state index contributed by atoms with van der Waals surface area (Å²) in [5.74, 6) is -2.71. The van der Waals surface area contributed by atoms with Gasteiger partial charge in [0.05, 0.1) is 17.6 Å². The van der Waals surface area contributed by atoms with Gasteiger partial charge in [0, 0.05) is 13.1 Å². The largest absolute Gasteiger partial charge is 0.481 e. The molecule has 1 aliphatic carbocycles. The van der Waals surface area contributed by atoms with Crippen LogP contribution in [0.4, 0.5) is 0 Å². The van der Waals surface area contributed by atoms with E-state index in [0.29, 0.717) is 25.8 Å². The number of rotatable bonds is 7. The number of carbonyl (C=O) groups is 2. The number of nitrogens with one attached hydrogen (secondary N) is 2. The number of carboxylic acid groups (broad SMARTS) is 1. The van der Waals surface area contributed by atoms with Gasteiger partial charge < -0.3 is 10.4 Å². The molecule has 1 aliphatic rings. The zero-order valence-corrected chi connectivity index (χ0v) is 11.7. The molecule has 1 rings (SSSR count). The minimum Gasteiger partial charge on any atom is -0.481 e. The van der Waals surface area contributed by atoms with Gasteiger partial charge in [-0.15, -0.1) is 0 Å². The van der Waals surface area contributed by atoms with Crippen LogP contribution in [0, 0.1) is 11.8 Å². The van der Waals surface area contributed by atoms with Gasteiger partial charge in [0.2, 0.25) is 15.9 Å². The van der Waals surface area contributed by atoms with Crippen LogP contribution in [0.3, 0.4) is 0 Å². The zero-order chi connectivity index (χ0) is 14.5. The Morgan fingerprint density at radius 3 is 2.47 bits per heavy atom. The molecule has 0 saturated heterocycles. The van der Waals surface area contributed by atoms with Gasteiger partial charge in [0.1, 0.15) is 0 Å². The van der Waals surface area contributed by atoms with Crippen LogP contribution in [0.2, 0.25) is 0 Å². The lowest BCUT2D eigenvalue weighted by Crippen LogP contribution is -2.39. The Balaban J connectivity index is 2.41. The second-order valence-corrected chi connectivity index (χ2v) is 6.52. The highest BCUT2D eigenvalue weighted by molar-refractivity contribution is 7.89. The van der Waals surface area contributed by atoms with E-state index in [9.17, 15) is 18.0 Å². The Morgan fingerprint density at radius 1 is 1.26 bits per heavy atom. The molecule has 0 spiro atoms. The lowest BCUT2D eigenvalue weighted by Gasteiger charge is -2.15. The number of hydrogen-bond acceptors (Lipinski definition) is 4. The maximum Gasteiger partial charge on any atom is 0.307 e. The van der Waals surface area contributed by atoms with Crippen molar-refractivity contribution in [2.24, 2.45) is 11.8 Å². The molecule has 1 amide bonds. The molecular weight excluding hydrogens is 272 g/mol. The van der Waals surface area contributed by atoms with Crippen molar-refractivity contribution in [2.45, 2.75) is 26.2 Å². The molecule has 3 N–H and O–H groups in total. The van der Waals surface area contributed by atoms with E-state index in [1.54, 1.807) is 6.92 Å². The Kier molecular flexibility index (Phi) is 5.74. The summed E-state index contributed by atoms with van der Waals surface area (Å²) >= 11 is 0. The summed E-state index contributed by atoms with van der Waals surface area (Å²) in [4.78, 5) is 22.8. The van der Waals surface area contributed by atoms with Crippen LogP contribution in [0.25, 0.3) is 0 Å². The highest BCUT2D eigenvalue weighted by Gasteiger charge is 2.37. The molecule has 1 saturated carbocycles. The van der Waals surface area contributed by atoms with Crippen molar-refractivity contribution in [3.05, 3.63) is 0 Å². The molecule has 2 atom stereocenters. The highest BCUT2D eigenvalue weighted by Crippen LogP contribution is 2.31. The third kappa shape index (κ3) is 4.79. The summed E-state index contributed by atoms with van der Waals surface area (Å²) < 4.78 is 25.0. The maximum absolute atomic E-state index is 11.8. The fraction of sp³-hybridized carbons (Fsp3) is 0.818. The van der Waals surface area contributed by atoms with Crippen LogP contribution < -0.4 is 10.0 Å². The van der Waals surface area contributed by atoms with E-state index in [1.165, 1.54) is 0 Å². The first-order chi connectivity index (χ1) is 8.87. The highest BCUT2D eigenvalue weighted by atomic mass is 32.2. The van der Waals surface area contributed by atoms with Gasteiger partial charge in [0.25, 0.3) is 0 Å². The molecule has 0 bridgehead atoms. The van der Waals surface area contributed by atoms with E-state index in [1.807, 2.05) is 0 Å². The van der Waals surface area contributed by atoms with E-state index < -0.39 is 27.8 Å². The maximum atomic E-state index is 11.8. The lowest BCUT2D eigenvalue weighted by atomic mass is 9.95. The minimum atomic E-state index is -3.36. The average Bonchev–Trinajstić information content (AvgIpc) is 2.77. The van der Waals surface area contributed by atoms with Gasteiger partial charge in [-0.25, -0.2) is 13.1 Å². The number of amides is 1. The summed E-state index contributed by atoms with van der Waals surface area (Å²) in [6.45, 7) is 1.98. The lowest BCUT2D eigenvalue weighted by molar-refractivity contribution is -0.146. The average molecular weight is 292 g/mol. The molecule has 0 radical (unpaired) electrons. The van der Waals surface area contributed by atoms with Crippen LogP contribution in [0.1, 0.15) is 26.2 Å². The third-order valence-corrected chi connectivity index (χ3v) is 4.67. The predicted octanol–water partition coefficient (Wildman–Crippen LogP) is -0.457. The number of aliphatic carboxylic acids is 1. The number of sulfonamides is 1. The van der Waals surface area contributed by atoms with Crippen LogP contribution in [-0.2, 0) is 19.6 Å². The van der Waals surface area contributed by atoms with Gasteiger partial charge in [-0.05, 0) is 12.8 Å². The summed E-state index contributed by atoms with van der Waals surface area (Å²) in [5, 5.41) is 11.5. The van der Waals surface area contributed by atoms with Crippen LogP contribution in [0.15, 0.2) is 0 Å². The molecule has 0 aromatic heterocycles. The van der Waals surface area contributed by atoms with Crippen molar-refractivity contribution in [3.63, 3.8) is 0 Å². The Labute approximate surface area is 112 Å². The van der Waals surface area contributed by atoms with Crippen LogP contribution >= 0.6 is 0 Å². The van der Waals surface area contributed by atoms with Gasteiger partial charge in [-0.2, -0.15) is 0 Å². The van der Waals surface area contributed by atoms with Crippen molar-refractivity contribution in [1.29, 1.82) is 0 Å². The Morgan fingerprint density at radius 2 is 1.89 bits per heavy atom. The topological polar surface area (TPSA) is 113 Å². The third-order valence-electron chi connectivity index (χ3n) is 3.20. The van der Waals surface area contributed by atoms with Crippen molar-refractivity contribution in [1.82, 2.24) is 10.0 Å². The zero-order valence-electron chi connectivity index (χ0n) is 10.9. The van der Waals surface area contributed by atoms with E-state index >= 15 is 0 Å². The first-order valence-electron chi connectivity index (χ1n) is 6.35. The molecule has 1 fully saturated rings. The summed E-state index contributed by atoms with van der Waals surface area (Å²) in [7, 11) is -3.36. The molecule has 0 aromatic rings. The second-order valence-electron chi connectivity index (χ2n) is 4.59. The summed E-state index contributed by atoms with van der Waals surface area (Å²) in [5.41, 5.74) is 0. The molecular formula is C11H20N2O5S. The van der Waals surface area contributed by atoms with Crippen molar-refractivity contribution in [2.75, 3.05) is 18.8 Å². The first-order valence-corrected chi connectivity index (χ1v) is 8.00. The summed E-state index contributed by atoms with van der Waals surface area (Å²) in [6.07, 6.45) is 1.76. The second kappa shape index (κ2) is 6.85. The normalized spacial score (nSPS) is 23.2. The quantitative estimate of drug-likeness (QED) is 0.588. The molecule has 0 heterocycles. The molecule has 7 nitrogen and oxygen atoms in total. The van der Waals surface area contributed by atoms with E-state index in [0.717, 1.165) is 0 Å². The smallest absolute Gasteiger partial charge is 0.307 e. The van der Waals surface area contributed by atoms with Crippen molar-refractivity contribution < 1.29 is 23.1 Å². The molecule has 0 aromatic carbocycles. The van der Waals surface area contributed by atoms with E-state index in [2.05, 4.69) is 10.0 Å². The molecule has 0 aliphatic heterocycles. The van der Waals surface area contributed by atoms with Crippen LogP contribution in [0.5, 0.6) is 0 Å². The molecule has 19 heavy (non-hydrogen) atoms. The molecule has 0 unspecified atom stereocenters. The monoisotopic (exact) mass is 292 g/mol. The van der Waals surface area contributed by atoms with Gasteiger partial charge in [-0.1, -0.05) is 13.3 Å². The summed E-state index contributed by atoms with van der Waals surface area (Å²) in [6, 6.07) is 0. The molecule has 110 valence electrons. The van der Waals surface area contributed by atoms with Gasteiger partial charge in [-0.3, -0.25) is 9.59 Å². The van der Waals surface area contributed by atoms with Gasteiger partial charge in [0.15, 0.2) is 0 Å². The Bertz CT molecular complexity index is 434. The number of carboxylic acids is 1. The van der Waals surface area contributed by atoms with Crippen LogP contribution in [-0.4, -0.2) is 44.2 Å². The van der Waals surface area contributed by atoms with E-state index in [-0.39, 0.29) is 18.2 Å². The Hall–Kier alpha value is -1.15. The van der Waals surface area contributed by atoms with Gasteiger partial charge >= 0.3 is 5.97 Å². The van der Waals surface area contributed by atoms with Crippen molar-refractivity contribution >= 4 is 21.9 Å². The molecule has 8 heteroatoms. The number of hydrogen-bond donors (Lipinski definition) is 3.